The van der Waals surface area contributed by atoms with Gasteiger partial charge in [-0.15, -0.1) is 0 Å². The summed E-state index contributed by atoms with van der Waals surface area (Å²) in [5.74, 6) is 1.31. The summed E-state index contributed by atoms with van der Waals surface area (Å²) in [4.78, 5) is 4.41. The first-order valence-corrected chi connectivity index (χ1v) is 10.9. The molecule has 0 bridgehead atoms. The van der Waals surface area contributed by atoms with Crippen molar-refractivity contribution in [3.8, 4) is 23.0 Å². The molecule has 0 saturated carbocycles. The first-order valence-electron chi connectivity index (χ1n) is 9.46. The predicted molar refractivity (Wildman–Crippen MR) is 108 cm³/mol. The molecule has 29 heavy (non-hydrogen) atoms. The number of nitrogens with zero attached hydrogens (tertiary/aromatic N) is 1. The second-order valence-electron chi connectivity index (χ2n) is 6.78. The number of fused-ring (bicyclic) bond motifs is 1. The Morgan fingerprint density at radius 2 is 1.79 bits per heavy atom. The van der Waals surface area contributed by atoms with Crippen LogP contribution in [-0.2, 0) is 9.84 Å². The Hall–Kier alpha value is -3.00. The maximum absolute atomic E-state index is 13.4. The standard InChI is InChI=1S/C21H22N2O5S/c1-3-14(2)22-20-21(23-19(28-20)15-7-5-4-6-8-15)29(24,25)16-9-10-17-18(13-16)27-12-11-26-17/h4-10,13-14,22H,3,11-12H2,1-2H3. The number of sulfone groups is 1. The first kappa shape index (κ1) is 19.3. The fourth-order valence-corrected chi connectivity index (χ4v) is 4.19. The molecule has 7 nitrogen and oxygen atoms in total. The number of ether oxygens (including phenoxy) is 2. The molecule has 3 aromatic rings. The lowest BCUT2D eigenvalue weighted by molar-refractivity contribution is 0.171. The van der Waals surface area contributed by atoms with Crippen molar-refractivity contribution in [2.45, 2.75) is 36.2 Å². The van der Waals surface area contributed by atoms with Crippen molar-refractivity contribution in [2.24, 2.45) is 0 Å². The smallest absolute Gasteiger partial charge is 0.234 e. The monoisotopic (exact) mass is 414 g/mol. The zero-order valence-corrected chi connectivity index (χ0v) is 17.0. The summed E-state index contributed by atoms with van der Waals surface area (Å²) in [7, 11) is -3.95. The molecule has 2 heterocycles. The molecule has 4 rings (SSSR count). The van der Waals surface area contributed by atoms with Crippen LogP contribution in [0.1, 0.15) is 20.3 Å². The van der Waals surface area contributed by atoms with Crippen molar-refractivity contribution >= 4 is 15.7 Å². The lowest BCUT2D eigenvalue weighted by Gasteiger charge is -2.18. The molecule has 0 spiro atoms. The zero-order chi connectivity index (χ0) is 20.4. The molecular formula is C21H22N2O5S. The van der Waals surface area contributed by atoms with Crippen molar-refractivity contribution in [1.82, 2.24) is 4.98 Å². The van der Waals surface area contributed by atoms with Gasteiger partial charge in [-0.05, 0) is 37.6 Å². The Bertz CT molecular complexity index is 1110. The number of oxazole rings is 1. The quantitative estimate of drug-likeness (QED) is 0.648. The first-order chi connectivity index (χ1) is 14.0. The van der Waals surface area contributed by atoms with E-state index in [4.69, 9.17) is 13.9 Å². The van der Waals surface area contributed by atoms with Gasteiger partial charge in [-0.25, -0.2) is 8.42 Å². The van der Waals surface area contributed by atoms with Gasteiger partial charge in [0.15, 0.2) is 11.5 Å². The summed E-state index contributed by atoms with van der Waals surface area (Å²) in [5.41, 5.74) is 0.698. The highest BCUT2D eigenvalue weighted by Gasteiger charge is 2.30. The molecule has 1 unspecified atom stereocenters. The molecule has 0 amide bonds. The van der Waals surface area contributed by atoms with Gasteiger partial charge >= 0.3 is 0 Å². The lowest BCUT2D eigenvalue weighted by Crippen LogP contribution is -2.17. The van der Waals surface area contributed by atoms with Gasteiger partial charge < -0.3 is 19.2 Å². The van der Waals surface area contributed by atoms with Crippen LogP contribution in [-0.4, -0.2) is 32.7 Å². The predicted octanol–water partition coefficient (Wildman–Crippen LogP) is 4.16. The fraction of sp³-hybridized carbons (Fsp3) is 0.286. The second kappa shape index (κ2) is 7.79. The third-order valence-corrected chi connectivity index (χ3v) is 6.35. The Kier molecular flexibility index (Phi) is 5.19. The van der Waals surface area contributed by atoms with Gasteiger partial charge in [-0.1, -0.05) is 25.1 Å². The molecule has 1 aromatic heterocycles. The summed E-state index contributed by atoms with van der Waals surface area (Å²) < 4.78 is 43.6. The van der Waals surface area contributed by atoms with E-state index in [-0.39, 0.29) is 27.7 Å². The number of rotatable bonds is 6. The molecular weight excluding hydrogens is 392 g/mol. The van der Waals surface area contributed by atoms with Gasteiger partial charge in [0.2, 0.25) is 26.6 Å². The number of hydrogen-bond acceptors (Lipinski definition) is 7. The van der Waals surface area contributed by atoms with Gasteiger partial charge in [-0.2, -0.15) is 4.98 Å². The molecule has 2 aromatic carbocycles. The van der Waals surface area contributed by atoms with E-state index < -0.39 is 9.84 Å². The molecule has 1 aliphatic heterocycles. The topological polar surface area (TPSA) is 90.7 Å². The fourth-order valence-electron chi connectivity index (χ4n) is 2.91. The molecule has 0 radical (unpaired) electrons. The average Bonchev–Trinajstić information content (AvgIpc) is 3.18. The number of anilines is 1. The van der Waals surface area contributed by atoms with Crippen LogP contribution in [0.2, 0.25) is 0 Å². The van der Waals surface area contributed by atoms with E-state index in [9.17, 15) is 8.42 Å². The molecule has 1 aliphatic rings. The zero-order valence-electron chi connectivity index (χ0n) is 16.2. The van der Waals surface area contributed by atoms with Crippen LogP contribution in [0, 0.1) is 0 Å². The minimum Gasteiger partial charge on any atom is -0.486 e. The molecule has 0 fully saturated rings. The maximum Gasteiger partial charge on any atom is 0.234 e. The average molecular weight is 414 g/mol. The van der Waals surface area contributed by atoms with Gasteiger partial charge in [0.1, 0.15) is 13.2 Å². The largest absolute Gasteiger partial charge is 0.486 e. The summed E-state index contributed by atoms with van der Waals surface area (Å²) in [6.07, 6.45) is 0.797. The van der Waals surface area contributed by atoms with Crippen LogP contribution in [0.25, 0.3) is 11.5 Å². The van der Waals surface area contributed by atoms with Crippen LogP contribution in [0.4, 0.5) is 5.88 Å². The van der Waals surface area contributed by atoms with Crippen molar-refractivity contribution < 1.29 is 22.3 Å². The maximum atomic E-state index is 13.4. The van der Waals surface area contributed by atoms with Crippen molar-refractivity contribution in [2.75, 3.05) is 18.5 Å². The van der Waals surface area contributed by atoms with Crippen LogP contribution < -0.4 is 14.8 Å². The van der Waals surface area contributed by atoms with E-state index in [0.29, 0.717) is 30.3 Å². The Balaban J connectivity index is 1.80. The normalized spacial score (nSPS) is 14.4. The van der Waals surface area contributed by atoms with Crippen LogP contribution >= 0.6 is 0 Å². The summed E-state index contributed by atoms with van der Waals surface area (Å²) in [6.45, 7) is 4.76. The highest BCUT2D eigenvalue weighted by molar-refractivity contribution is 7.91. The molecule has 0 aliphatic carbocycles. The third-order valence-electron chi connectivity index (χ3n) is 4.69. The van der Waals surface area contributed by atoms with Crippen LogP contribution in [0.5, 0.6) is 11.5 Å². The number of hydrogen-bond donors (Lipinski definition) is 1. The van der Waals surface area contributed by atoms with Gasteiger partial charge in [-0.3, -0.25) is 0 Å². The summed E-state index contributed by atoms with van der Waals surface area (Å²) in [5, 5.41) is 2.98. The molecule has 0 saturated heterocycles. The molecule has 8 heteroatoms. The van der Waals surface area contributed by atoms with E-state index in [1.807, 2.05) is 44.2 Å². The Labute approximate surface area is 169 Å². The Morgan fingerprint density at radius 3 is 2.52 bits per heavy atom. The SMILES string of the molecule is CCC(C)Nc1oc(-c2ccccc2)nc1S(=O)(=O)c1ccc2c(c1)OCCO2. The van der Waals surface area contributed by atoms with E-state index in [0.717, 1.165) is 6.42 Å². The van der Waals surface area contributed by atoms with E-state index in [1.54, 1.807) is 6.07 Å². The van der Waals surface area contributed by atoms with E-state index in [1.165, 1.54) is 12.1 Å². The second-order valence-corrected chi connectivity index (χ2v) is 8.65. The molecule has 1 atom stereocenters. The minimum absolute atomic E-state index is 0.0146. The van der Waals surface area contributed by atoms with Crippen molar-refractivity contribution in [3.05, 3.63) is 48.5 Å². The van der Waals surface area contributed by atoms with E-state index >= 15 is 0 Å². The van der Waals surface area contributed by atoms with Gasteiger partial charge in [0.05, 0.1) is 4.90 Å². The molecule has 1 N–H and O–H groups in total. The van der Waals surface area contributed by atoms with Crippen molar-refractivity contribution in [1.29, 1.82) is 0 Å². The number of aromatic nitrogens is 1. The number of benzene rings is 2. The summed E-state index contributed by atoms with van der Waals surface area (Å²) >= 11 is 0. The Morgan fingerprint density at radius 1 is 1.07 bits per heavy atom. The van der Waals surface area contributed by atoms with Crippen LogP contribution in [0.3, 0.4) is 0 Å². The highest BCUT2D eigenvalue weighted by Crippen LogP contribution is 2.37. The lowest BCUT2D eigenvalue weighted by atomic mass is 10.2. The number of nitrogens with one attached hydrogen (secondary N) is 1. The minimum atomic E-state index is -3.95. The van der Waals surface area contributed by atoms with E-state index in [2.05, 4.69) is 10.3 Å². The highest BCUT2D eigenvalue weighted by atomic mass is 32.2. The summed E-state index contributed by atoms with van der Waals surface area (Å²) in [6, 6.07) is 13.8. The third kappa shape index (κ3) is 3.80. The van der Waals surface area contributed by atoms with Gasteiger partial charge in [0, 0.05) is 17.7 Å². The van der Waals surface area contributed by atoms with Crippen LogP contribution in [0.15, 0.2) is 62.9 Å². The van der Waals surface area contributed by atoms with Gasteiger partial charge in [0.25, 0.3) is 0 Å². The molecule has 152 valence electrons. The van der Waals surface area contributed by atoms with Crippen molar-refractivity contribution in [3.63, 3.8) is 0 Å².